The van der Waals surface area contributed by atoms with E-state index in [1.165, 1.54) is 14.2 Å². The van der Waals surface area contributed by atoms with Crippen LogP contribution in [0.5, 0.6) is 23.0 Å². The van der Waals surface area contributed by atoms with Crippen LogP contribution in [0, 0.1) is 11.8 Å². The summed E-state index contributed by atoms with van der Waals surface area (Å²) in [4.78, 5) is 12.5. The van der Waals surface area contributed by atoms with Crippen LogP contribution in [0.25, 0.3) is 0 Å². The van der Waals surface area contributed by atoms with Crippen LogP contribution in [-0.4, -0.2) is 37.0 Å². The minimum absolute atomic E-state index is 0.0137. The van der Waals surface area contributed by atoms with Crippen molar-refractivity contribution in [1.82, 2.24) is 0 Å². The maximum absolute atomic E-state index is 12.5. The van der Waals surface area contributed by atoms with Gasteiger partial charge in [-0.25, -0.2) is 0 Å². The van der Waals surface area contributed by atoms with Crippen LogP contribution in [0.1, 0.15) is 19.4 Å². The summed E-state index contributed by atoms with van der Waals surface area (Å²) in [5, 5.41) is 19.9. The molecule has 0 bridgehead atoms. The van der Waals surface area contributed by atoms with Crippen LogP contribution in [0.4, 0.5) is 0 Å². The Hall–Kier alpha value is -2.89. The number of carbonyl (C=O) groups is 1. The summed E-state index contributed by atoms with van der Waals surface area (Å²) >= 11 is 0. The van der Waals surface area contributed by atoms with Gasteiger partial charge in [-0.05, 0) is 48.1 Å². The molecule has 1 heterocycles. The van der Waals surface area contributed by atoms with E-state index in [1.54, 1.807) is 0 Å². The van der Waals surface area contributed by atoms with Gasteiger partial charge in [0.25, 0.3) is 0 Å². The fourth-order valence-corrected chi connectivity index (χ4v) is 2.88. The monoisotopic (exact) mass is 364 g/mol. The van der Waals surface area contributed by atoms with Gasteiger partial charge in [0.05, 0.1) is 35.0 Å². The molecule has 2 N–H and O–H groups in total. The molecular formula is C20H22O6. The molecule has 3 rings (SSSR count). The molecule has 0 saturated carbocycles. The van der Waals surface area contributed by atoms with Crippen molar-refractivity contribution in [3.8, 4) is 23.0 Å². The van der Waals surface area contributed by atoms with Crippen molar-refractivity contribution in [2.24, 2.45) is 11.8 Å². The molecule has 6 nitrogen and oxygen atoms in total. The number of cyclic esters (lactones) is 1. The highest BCUT2D eigenvalue weighted by atomic mass is 16.5. The number of hydrogen-bond acceptors (Lipinski definition) is 6. The second-order valence-electron chi connectivity index (χ2n) is 5.88. The third-order valence-corrected chi connectivity index (χ3v) is 4.23. The van der Waals surface area contributed by atoms with Gasteiger partial charge in [0.2, 0.25) is 0 Å². The molecule has 1 aliphatic rings. The number of phenols is 2. The Morgan fingerprint density at radius 3 is 2.12 bits per heavy atom. The lowest BCUT2D eigenvalue weighted by Crippen LogP contribution is -2.20. The van der Waals surface area contributed by atoms with Gasteiger partial charge in [-0.1, -0.05) is 12.1 Å². The maximum atomic E-state index is 12.5. The molecule has 1 saturated heterocycles. The molecule has 138 valence electrons. The first-order valence-corrected chi connectivity index (χ1v) is 7.92. The molecule has 0 aliphatic carbocycles. The quantitative estimate of drug-likeness (QED) is 0.767. The second kappa shape index (κ2) is 7.56. The van der Waals surface area contributed by atoms with Gasteiger partial charge < -0.3 is 24.4 Å². The van der Waals surface area contributed by atoms with Crippen molar-refractivity contribution in [2.45, 2.75) is 12.8 Å². The van der Waals surface area contributed by atoms with Crippen LogP contribution in [0.15, 0.2) is 36.3 Å². The summed E-state index contributed by atoms with van der Waals surface area (Å²) in [7, 11) is 2.45. The average Bonchev–Trinajstić information content (AvgIpc) is 3.11. The molecule has 0 spiro atoms. The van der Waals surface area contributed by atoms with Gasteiger partial charge in [-0.2, -0.15) is 0 Å². The van der Waals surface area contributed by atoms with Crippen molar-refractivity contribution < 1.29 is 37.4 Å². The van der Waals surface area contributed by atoms with E-state index >= 15 is 0 Å². The fourth-order valence-electron chi connectivity index (χ4n) is 2.88. The Kier molecular flexibility index (Phi) is 3.39. The van der Waals surface area contributed by atoms with Gasteiger partial charge in [-0.15, -0.1) is 0 Å². The van der Waals surface area contributed by atoms with Crippen molar-refractivity contribution in [1.29, 1.82) is 0 Å². The van der Waals surface area contributed by atoms with Crippen LogP contribution < -0.4 is 9.47 Å². The van der Waals surface area contributed by atoms with E-state index in [0.717, 1.165) is 0 Å². The summed E-state index contributed by atoms with van der Waals surface area (Å²) in [5.41, 5.74) is 0.125. The van der Waals surface area contributed by atoms with Gasteiger partial charge >= 0.3 is 5.97 Å². The van der Waals surface area contributed by atoms with Crippen molar-refractivity contribution >= 4 is 5.97 Å². The lowest BCUT2D eigenvalue weighted by Gasteiger charge is -2.16. The fraction of sp³-hybridized carbons (Fsp3) is 0.350. The lowest BCUT2D eigenvalue weighted by molar-refractivity contribution is -0.141. The standard InChI is InChI=1S/C20H22O6/c1-24-18-9-12(3-5-16(18)21)7-14-11-26-20(23)15(14)8-13-4-6-17(22)19(10-13)25-2/h3-6,9-10,14-15,21-22H,7-8,11H2,1-2H3/t14-,15+/m1/s1/i3D,4D,5D,6D,9D,10D. The first-order valence-electron chi connectivity index (χ1n) is 10.9. The van der Waals surface area contributed by atoms with E-state index < -0.39 is 47.4 Å². The average molecular weight is 364 g/mol. The van der Waals surface area contributed by atoms with E-state index in [4.69, 9.17) is 22.4 Å². The minimum Gasteiger partial charge on any atom is -0.504 e. The molecule has 0 amide bonds. The Labute approximate surface area is 160 Å². The summed E-state index contributed by atoms with van der Waals surface area (Å²) in [6, 6.07) is -2.39. The van der Waals surface area contributed by atoms with E-state index in [1.807, 2.05) is 0 Å². The first kappa shape index (κ1) is 11.7. The summed E-state index contributed by atoms with van der Waals surface area (Å²) in [6.07, 6.45) is -0.159. The lowest BCUT2D eigenvalue weighted by atomic mass is 9.85. The predicted molar refractivity (Wildman–Crippen MR) is 94.7 cm³/mol. The number of esters is 1. The third kappa shape index (κ3) is 3.69. The Balaban J connectivity index is 2.00. The van der Waals surface area contributed by atoms with Gasteiger partial charge in [-0.3, -0.25) is 4.79 Å². The highest BCUT2D eigenvalue weighted by molar-refractivity contribution is 5.75. The van der Waals surface area contributed by atoms with Crippen LogP contribution in [0.2, 0.25) is 0 Å². The number of hydrogen-bond donors (Lipinski definition) is 2. The van der Waals surface area contributed by atoms with E-state index in [2.05, 4.69) is 0 Å². The van der Waals surface area contributed by atoms with Crippen molar-refractivity contribution in [3.05, 3.63) is 47.4 Å². The summed E-state index contributed by atoms with van der Waals surface area (Å²) < 4.78 is 63.7. The topological polar surface area (TPSA) is 85.2 Å². The number of carbonyl (C=O) groups excluding carboxylic acids is 1. The van der Waals surface area contributed by atoms with Crippen LogP contribution in [0.3, 0.4) is 0 Å². The number of aromatic hydroxyl groups is 2. The zero-order chi connectivity index (χ0) is 23.9. The van der Waals surface area contributed by atoms with Crippen LogP contribution >= 0.6 is 0 Å². The zero-order valence-electron chi connectivity index (χ0n) is 20.3. The Morgan fingerprint density at radius 2 is 1.58 bits per heavy atom. The highest BCUT2D eigenvalue weighted by Crippen LogP contribution is 2.34. The molecule has 6 heteroatoms. The molecule has 2 atom stereocenters. The molecule has 1 aliphatic heterocycles. The van der Waals surface area contributed by atoms with E-state index in [0.29, 0.717) is 0 Å². The number of benzene rings is 2. The van der Waals surface area contributed by atoms with Crippen molar-refractivity contribution in [2.75, 3.05) is 20.8 Å². The number of rotatable bonds is 6. The smallest absolute Gasteiger partial charge is 0.309 e. The molecule has 0 aromatic heterocycles. The maximum Gasteiger partial charge on any atom is 0.309 e. The predicted octanol–water partition coefficient (Wildman–Crippen LogP) is 2.69. The van der Waals surface area contributed by atoms with Crippen molar-refractivity contribution in [3.63, 3.8) is 0 Å². The Morgan fingerprint density at radius 1 is 1.04 bits per heavy atom. The van der Waals surface area contributed by atoms with Crippen LogP contribution in [-0.2, 0) is 22.4 Å². The molecule has 1 fully saturated rings. The summed E-state index contributed by atoms with van der Waals surface area (Å²) in [6.45, 7) is -0.0392. The molecule has 26 heavy (non-hydrogen) atoms. The molecule has 0 radical (unpaired) electrons. The first-order chi connectivity index (χ1) is 15.0. The minimum atomic E-state index is -0.857. The van der Waals surface area contributed by atoms with Gasteiger partial charge in [0.15, 0.2) is 23.0 Å². The SMILES string of the molecule is [2H]c1c([2H])c(C[C@@H]2COC(=O)[C@H]2Cc2c([2H])c([2H])c(O)c(OC)c2[2H])c([2H])c(OC)c1O. The summed E-state index contributed by atoms with van der Waals surface area (Å²) in [5.74, 6) is -3.77. The van der Waals surface area contributed by atoms with E-state index in [9.17, 15) is 15.0 Å². The normalized spacial score (nSPS) is 22.5. The van der Waals surface area contributed by atoms with Gasteiger partial charge in [0.1, 0.15) is 0 Å². The second-order valence-corrected chi connectivity index (χ2v) is 5.88. The number of methoxy groups -OCH3 is 2. The highest BCUT2D eigenvalue weighted by Gasteiger charge is 2.37. The molecule has 2 aromatic rings. The molecule has 0 unspecified atom stereocenters. The van der Waals surface area contributed by atoms with E-state index in [-0.39, 0.29) is 60.2 Å². The number of ether oxygens (including phenoxy) is 3. The third-order valence-electron chi connectivity index (χ3n) is 4.23. The zero-order valence-corrected chi connectivity index (χ0v) is 14.3. The molecule has 2 aromatic carbocycles. The Bertz CT molecular complexity index is 1090. The van der Waals surface area contributed by atoms with Gasteiger partial charge in [0, 0.05) is 5.92 Å². The largest absolute Gasteiger partial charge is 0.504 e. The molecular weight excluding hydrogens is 336 g/mol. The number of phenolic OH excluding ortho intramolecular Hbond substituents is 2.